The van der Waals surface area contributed by atoms with Crippen molar-refractivity contribution in [2.24, 2.45) is 29.6 Å². The van der Waals surface area contributed by atoms with Crippen LogP contribution in [-0.2, 0) is 6.42 Å². The molecule has 0 aliphatic heterocycles. The van der Waals surface area contributed by atoms with Crippen molar-refractivity contribution in [2.45, 2.75) is 161 Å². The van der Waals surface area contributed by atoms with Gasteiger partial charge in [0, 0.05) is 0 Å². The van der Waals surface area contributed by atoms with Gasteiger partial charge in [0.05, 0.1) is 0 Å². The van der Waals surface area contributed by atoms with E-state index in [2.05, 4.69) is 38.1 Å². The number of hydrogen-bond acceptors (Lipinski definition) is 0. The number of hydrogen-bond donors (Lipinski definition) is 0. The Morgan fingerprint density at radius 2 is 1.06 bits per heavy atom. The van der Waals surface area contributed by atoms with Crippen LogP contribution in [0.3, 0.4) is 0 Å². The SMILES string of the molecule is CCCCCC1CCC(CCCCc2ccc([C@@H]3CCC4C[C@@H](CCCCC)CC[C@@H]4C3)cc2)CC1. The normalized spacial score (nSPS) is 30.7. The van der Waals surface area contributed by atoms with Crippen molar-refractivity contribution in [2.75, 3.05) is 0 Å². The molecule has 0 amide bonds. The monoisotopic (exact) mass is 492 g/mol. The molecular weight excluding hydrogens is 432 g/mol. The maximum Gasteiger partial charge on any atom is -0.0159 e. The second-order valence-electron chi connectivity index (χ2n) is 13.6. The summed E-state index contributed by atoms with van der Waals surface area (Å²) in [4.78, 5) is 0. The van der Waals surface area contributed by atoms with Crippen LogP contribution in [0.25, 0.3) is 0 Å². The van der Waals surface area contributed by atoms with E-state index in [0.29, 0.717) is 0 Å². The van der Waals surface area contributed by atoms with Crippen LogP contribution >= 0.6 is 0 Å². The highest BCUT2D eigenvalue weighted by Gasteiger charge is 2.35. The van der Waals surface area contributed by atoms with Gasteiger partial charge in [-0.15, -0.1) is 0 Å². The summed E-state index contributed by atoms with van der Waals surface area (Å²) in [5, 5.41) is 0. The number of rotatable bonds is 14. The molecule has 0 nitrogen and oxygen atoms in total. The van der Waals surface area contributed by atoms with Crippen LogP contribution in [-0.4, -0.2) is 0 Å². The molecule has 0 bridgehead atoms. The Hall–Kier alpha value is -0.780. The Kier molecular flexibility index (Phi) is 12.2. The van der Waals surface area contributed by atoms with Gasteiger partial charge in [-0.3, -0.25) is 0 Å². The lowest BCUT2D eigenvalue weighted by molar-refractivity contribution is 0.113. The van der Waals surface area contributed by atoms with Gasteiger partial charge in [-0.1, -0.05) is 134 Å². The maximum absolute atomic E-state index is 2.51. The van der Waals surface area contributed by atoms with E-state index in [9.17, 15) is 0 Å². The van der Waals surface area contributed by atoms with Gasteiger partial charge < -0.3 is 0 Å². The van der Waals surface area contributed by atoms with Crippen LogP contribution in [0.15, 0.2) is 24.3 Å². The fourth-order valence-electron chi connectivity index (χ4n) is 8.44. The predicted molar refractivity (Wildman–Crippen MR) is 159 cm³/mol. The van der Waals surface area contributed by atoms with Crippen molar-refractivity contribution in [1.29, 1.82) is 0 Å². The molecule has 0 radical (unpaired) electrons. The predicted octanol–water partition coefficient (Wildman–Crippen LogP) is 11.7. The fourth-order valence-corrected chi connectivity index (χ4v) is 8.44. The zero-order valence-electron chi connectivity index (χ0n) is 24.3. The van der Waals surface area contributed by atoms with Crippen LogP contribution < -0.4 is 0 Å². The van der Waals surface area contributed by atoms with Gasteiger partial charge >= 0.3 is 0 Å². The van der Waals surface area contributed by atoms with Gasteiger partial charge in [0.15, 0.2) is 0 Å². The zero-order chi connectivity index (χ0) is 25.0. The lowest BCUT2D eigenvalue weighted by Crippen LogP contribution is -2.30. The number of fused-ring (bicyclic) bond motifs is 1. The highest BCUT2D eigenvalue weighted by molar-refractivity contribution is 5.26. The van der Waals surface area contributed by atoms with Crippen molar-refractivity contribution < 1.29 is 0 Å². The highest BCUT2D eigenvalue weighted by Crippen LogP contribution is 2.48. The Bertz CT molecular complexity index is 693. The third kappa shape index (κ3) is 8.91. The lowest BCUT2D eigenvalue weighted by atomic mass is 9.63. The van der Waals surface area contributed by atoms with Crippen LogP contribution in [0, 0.1) is 29.6 Å². The summed E-state index contributed by atoms with van der Waals surface area (Å²) in [5.74, 6) is 6.07. The number of benzene rings is 1. The molecule has 1 aromatic rings. The summed E-state index contributed by atoms with van der Waals surface area (Å²) in [5.41, 5.74) is 3.23. The summed E-state index contributed by atoms with van der Waals surface area (Å²) in [6.45, 7) is 4.67. The zero-order valence-corrected chi connectivity index (χ0v) is 24.3. The van der Waals surface area contributed by atoms with Crippen molar-refractivity contribution in [3.05, 3.63) is 35.4 Å². The summed E-state index contributed by atoms with van der Waals surface area (Å²) in [7, 11) is 0. The van der Waals surface area contributed by atoms with Crippen molar-refractivity contribution >= 4 is 0 Å². The van der Waals surface area contributed by atoms with Crippen LogP contribution in [0.2, 0.25) is 0 Å². The van der Waals surface area contributed by atoms with E-state index in [1.165, 1.54) is 135 Å². The topological polar surface area (TPSA) is 0 Å². The molecule has 0 saturated heterocycles. The number of unbranched alkanes of at least 4 members (excludes halogenated alkanes) is 5. The Balaban J connectivity index is 1.10. The molecular formula is C36H60. The highest BCUT2D eigenvalue weighted by atomic mass is 14.4. The van der Waals surface area contributed by atoms with Crippen LogP contribution in [0.1, 0.15) is 166 Å². The van der Waals surface area contributed by atoms with Gasteiger partial charge in [0.2, 0.25) is 0 Å². The standard InChI is InChI=1S/C36H60/c1-3-5-7-11-29-15-17-30(18-16-29)12-9-10-13-31-19-22-33(23-20-31)35-26-25-34-27-32(14-8-6-4-2)21-24-36(34)28-35/h19-20,22-23,29-30,32,34-36H,3-18,21,24-28H2,1-2H3/t29?,30?,32-,34?,35+,36+/m0/s1. The lowest BCUT2D eigenvalue weighted by Gasteiger charge is -2.42. The molecule has 3 saturated carbocycles. The molecule has 1 aromatic carbocycles. The smallest absolute Gasteiger partial charge is 0.0159 e. The van der Waals surface area contributed by atoms with Crippen molar-refractivity contribution in [1.82, 2.24) is 0 Å². The molecule has 204 valence electrons. The van der Waals surface area contributed by atoms with Crippen LogP contribution in [0.4, 0.5) is 0 Å². The summed E-state index contributed by atoms with van der Waals surface area (Å²) in [6, 6.07) is 9.98. The van der Waals surface area contributed by atoms with Gasteiger partial charge in [0.25, 0.3) is 0 Å². The van der Waals surface area contributed by atoms with Gasteiger partial charge in [-0.25, -0.2) is 0 Å². The summed E-state index contributed by atoms with van der Waals surface area (Å²) >= 11 is 0. The Morgan fingerprint density at radius 3 is 1.69 bits per heavy atom. The molecule has 3 aliphatic rings. The van der Waals surface area contributed by atoms with Gasteiger partial charge in [-0.2, -0.15) is 0 Å². The minimum Gasteiger partial charge on any atom is -0.0654 e. The minimum atomic E-state index is 0.842. The molecule has 4 rings (SSSR count). The first kappa shape index (κ1) is 28.2. The van der Waals surface area contributed by atoms with Crippen molar-refractivity contribution in [3.8, 4) is 0 Å². The third-order valence-corrected chi connectivity index (χ3v) is 10.9. The van der Waals surface area contributed by atoms with E-state index in [1.807, 2.05) is 0 Å². The Labute approximate surface area is 225 Å². The van der Waals surface area contributed by atoms with E-state index in [-0.39, 0.29) is 0 Å². The minimum absolute atomic E-state index is 0.842. The largest absolute Gasteiger partial charge is 0.0654 e. The Morgan fingerprint density at radius 1 is 0.528 bits per heavy atom. The number of aryl methyl sites for hydroxylation is 1. The molecule has 0 aromatic heterocycles. The summed E-state index contributed by atoms with van der Waals surface area (Å²) in [6.07, 6.45) is 32.4. The molecule has 0 heteroatoms. The third-order valence-electron chi connectivity index (χ3n) is 10.9. The van der Waals surface area contributed by atoms with Crippen molar-refractivity contribution in [3.63, 3.8) is 0 Å². The second kappa shape index (κ2) is 15.6. The average molecular weight is 493 g/mol. The first-order valence-electron chi connectivity index (χ1n) is 16.8. The van der Waals surface area contributed by atoms with E-state index < -0.39 is 0 Å². The molecule has 4 atom stereocenters. The molecule has 0 heterocycles. The fraction of sp³-hybridized carbons (Fsp3) is 0.833. The van der Waals surface area contributed by atoms with E-state index in [1.54, 1.807) is 17.5 Å². The molecule has 1 unspecified atom stereocenters. The van der Waals surface area contributed by atoms with Gasteiger partial charge in [-0.05, 0) is 91.6 Å². The van der Waals surface area contributed by atoms with E-state index in [0.717, 1.165) is 35.5 Å². The maximum atomic E-state index is 2.51. The molecule has 3 fully saturated rings. The van der Waals surface area contributed by atoms with E-state index >= 15 is 0 Å². The van der Waals surface area contributed by atoms with Crippen LogP contribution in [0.5, 0.6) is 0 Å². The molecule has 0 N–H and O–H groups in total. The molecule has 0 spiro atoms. The second-order valence-corrected chi connectivity index (χ2v) is 13.6. The van der Waals surface area contributed by atoms with E-state index in [4.69, 9.17) is 0 Å². The first-order valence-corrected chi connectivity index (χ1v) is 16.8. The molecule has 36 heavy (non-hydrogen) atoms. The average Bonchev–Trinajstić information content (AvgIpc) is 2.92. The first-order chi connectivity index (χ1) is 17.7. The summed E-state index contributed by atoms with van der Waals surface area (Å²) < 4.78 is 0. The quantitative estimate of drug-likeness (QED) is 0.226. The molecule has 3 aliphatic carbocycles. The van der Waals surface area contributed by atoms with Gasteiger partial charge in [0.1, 0.15) is 0 Å².